The van der Waals surface area contributed by atoms with Gasteiger partial charge in [-0.2, -0.15) is 0 Å². The summed E-state index contributed by atoms with van der Waals surface area (Å²) >= 11 is 0. The average molecular weight is 264 g/mol. The molecule has 0 amide bonds. The number of hydrogen-bond donors (Lipinski definition) is 0. The highest BCUT2D eigenvalue weighted by atomic mass is 15.2. The zero-order chi connectivity index (χ0) is 13.9. The summed E-state index contributed by atoms with van der Waals surface area (Å²) in [6, 6.07) is 14.0. The van der Waals surface area contributed by atoms with Crippen LogP contribution in [0.3, 0.4) is 0 Å². The molecule has 0 saturated carbocycles. The molecular formula is C16H16N4. The number of pyridine rings is 1. The maximum absolute atomic E-state index is 4.48. The maximum atomic E-state index is 4.48. The number of nitrogens with zero attached hydrogens (tertiary/aromatic N) is 4. The van der Waals surface area contributed by atoms with Crippen molar-refractivity contribution in [3.05, 3.63) is 59.9 Å². The summed E-state index contributed by atoms with van der Waals surface area (Å²) in [5.74, 6) is 0.784. The molecule has 3 rings (SSSR count). The third-order valence-electron chi connectivity index (χ3n) is 3.30. The van der Waals surface area contributed by atoms with Crippen LogP contribution in [-0.2, 0) is 6.42 Å². The Hall–Kier alpha value is -2.49. The van der Waals surface area contributed by atoms with E-state index in [1.165, 1.54) is 5.56 Å². The fourth-order valence-corrected chi connectivity index (χ4v) is 2.23. The van der Waals surface area contributed by atoms with Gasteiger partial charge < -0.3 is 0 Å². The van der Waals surface area contributed by atoms with Crippen LogP contribution in [0.25, 0.3) is 5.65 Å². The van der Waals surface area contributed by atoms with Crippen molar-refractivity contribution in [3.8, 4) is 0 Å². The van der Waals surface area contributed by atoms with Crippen LogP contribution < -0.4 is 0 Å². The molecule has 0 spiro atoms. The Kier molecular flexibility index (Phi) is 3.29. The van der Waals surface area contributed by atoms with Gasteiger partial charge in [-0.1, -0.05) is 31.2 Å². The SMILES string of the molecule is CCc1ccccc1N=Nc1c(C)nc2ccccn12. The van der Waals surface area contributed by atoms with Crippen LogP contribution in [-0.4, -0.2) is 9.38 Å². The van der Waals surface area contributed by atoms with Crippen molar-refractivity contribution in [2.45, 2.75) is 20.3 Å². The van der Waals surface area contributed by atoms with E-state index in [0.29, 0.717) is 0 Å². The van der Waals surface area contributed by atoms with E-state index >= 15 is 0 Å². The van der Waals surface area contributed by atoms with Crippen LogP contribution in [0, 0.1) is 6.92 Å². The summed E-state index contributed by atoms with van der Waals surface area (Å²) in [6.07, 6.45) is 2.90. The van der Waals surface area contributed by atoms with Crippen LogP contribution in [0.15, 0.2) is 58.9 Å². The zero-order valence-corrected chi connectivity index (χ0v) is 11.6. The van der Waals surface area contributed by atoms with Crippen molar-refractivity contribution >= 4 is 17.2 Å². The topological polar surface area (TPSA) is 42.0 Å². The molecule has 0 aliphatic carbocycles. The van der Waals surface area contributed by atoms with E-state index in [1.54, 1.807) is 0 Å². The molecule has 0 aliphatic heterocycles. The third kappa shape index (κ3) is 2.20. The lowest BCUT2D eigenvalue weighted by Crippen LogP contribution is -1.82. The van der Waals surface area contributed by atoms with Crippen molar-refractivity contribution in [1.82, 2.24) is 9.38 Å². The average Bonchev–Trinajstić information content (AvgIpc) is 2.81. The summed E-state index contributed by atoms with van der Waals surface area (Å²) in [7, 11) is 0. The molecule has 20 heavy (non-hydrogen) atoms. The van der Waals surface area contributed by atoms with E-state index in [1.807, 2.05) is 53.9 Å². The van der Waals surface area contributed by atoms with Gasteiger partial charge >= 0.3 is 0 Å². The minimum absolute atomic E-state index is 0.784. The van der Waals surface area contributed by atoms with E-state index in [2.05, 4.69) is 28.2 Å². The van der Waals surface area contributed by atoms with Crippen molar-refractivity contribution in [1.29, 1.82) is 0 Å². The van der Waals surface area contributed by atoms with Gasteiger partial charge in [0, 0.05) is 6.20 Å². The lowest BCUT2D eigenvalue weighted by molar-refractivity contribution is 1.07. The van der Waals surface area contributed by atoms with Crippen LogP contribution in [0.4, 0.5) is 11.5 Å². The fourth-order valence-electron chi connectivity index (χ4n) is 2.23. The first-order valence-corrected chi connectivity index (χ1v) is 6.73. The number of azo groups is 1. The highest BCUT2D eigenvalue weighted by molar-refractivity contribution is 5.52. The summed E-state index contributed by atoms with van der Waals surface area (Å²) < 4.78 is 1.95. The van der Waals surface area contributed by atoms with E-state index in [9.17, 15) is 0 Å². The molecule has 0 N–H and O–H groups in total. The standard InChI is InChI=1S/C16H16N4/c1-3-13-8-4-5-9-14(13)18-19-16-12(2)17-15-10-6-7-11-20(15)16/h4-11H,3H2,1-2H3. The lowest BCUT2D eigenvalue weighted by atomic mass is 10.1. The van der Waals surface area contributed by atoms with Crippen molar-refractivity contribution in [2.24, 2.45) is 10.2 Å². The van der Waals surface area contributed by atoms with Gasteiger partial charge in [-0.15, -0.1) is 10.2 Å². The normalized spacial score (nSPS) is 11.5. The predicted molar refractivity (Wildman–Crippen MR) is 79.9 cm³/mol. The Labute approximate surface area is 117 Å². The zero-order valence-electron chi connectivity index (χ0n) is 11.6. The Morgan fingerprint density at radius 1 is 1.05 bits per heavy atom. The quantitative estimate of drug-likeness (QED) is 0.636. The molecule has 0 radical (unpaired) electrons. The summed E-state index contributed by atoms with van der Waals surface area (Å²) in [5.41, 5.74) is 3.89. The molecule has 0 unspecified atom stereocenters. The first-order valence-electron chi connectivity index (χ1n) is 6.73. The number of rotatable bonds is 3. The number of aryl methyl sites for hydroxylation is 2. The second-order valence-corrected chi connectivity index (χ2v) is 4.63. The van der Waals surface area contributed by atoms with Crippen LogP contribution in [0.1, 0.15) is 18.2 Å². The van der Waals surface area contributed by atoms with Gasteiger partial charge in [0.15, 0.2) is 5.82 Å². The van der Waals surface area contributed by atoms with Gasteiger partial charge in [-0.05, 0) is 37.1 Å². The first kappa shape index (κ1) is 12.5. The first-order chi connectivity index (χ1) is 9.79. The molecule has 4 heteroatoms. The number of hydrogen-bond acceptors (Lipinski definition) is 3. The van der Waals surface area contributed by atoms with Crippen LogP contribution >= 0.6 is 0 Å². The molecule has 0 atom stereocenters. The number of imidazole rings is 1. The molecule has 3 aromatic rings. The smallest absolute Gasteiger partial charge is 0.182 e. The third-order valence-corrected chi connectivity index (χ3v) is 3.30. The van der Waals surface area contributed by atoms with Crippen molar-refractivity contribution in [2.75, 3.05) is 0 Å². The molecule has 100 valence electrons. The Balaban J connectivity index is 2.05. The van der Waals surface area contributed by atoms with Gasteiger partial charge in [0.2, 0.25) is 0 Å². The van der Waals surface area contributed by atoms with Crippen molar-refractivity contribution < 1.29 is 0 Å². The summed E-state index contributed by atoms with van der Waals surface area (Å²) in [5, 5.41) is 8.79. The molecule has 0 aliphatic rings. The van der Waals surface area contributed by atoms with Crippen LogP contribution in [0.2, 0.25) is 0 Å². The highest BCUT2D eigenvalue weighted by Gasteiger charge is 2.07. The van der Waals surface area contributed by atoms with Crippen molar-refractivity contribution in [3.63, 3.8) is 0 Å². The molecule has 0 saturated heterocycles. The molecule has 4 nitrogen and oxygen atoms in total. The minimum atomic E-state index is 0.784. The molecule has 0 fully saturated rings. The maximum Gasteiger partial charge on any atom is 0.182 e. The second kappa shape index (κ2) is 5.25. The minimum Gasteiger partial charge on any atom is -0.283 e. The van der Waals surface area contributed by atoms with Gasteiger partial charge in [-0.3, -0.25) is 4.40 Å². The van der Waals surface area contributed by atoms with Gasteiger partial charge in [0.05, 0.1) is 11.4 Å². The largest absolute Gasteiger partial charge is 0.283 e. The van der Waals surface area contributed by atoms with E-state index in [0.717, 1.165) is 29.3 Å². The van der Waals surface area contributed by atoms with E-state index in [4.69, 9.17) is 0 Å². The lowest BCUT2D eigenvalue weighted by Gasteiger charge is -2.00. The van der Waals surface area contributed by atoms with Gasteiger partial charge in [-0.25, -0.2) is 4.98 Å². The summed E-state index contributed by atoms with van der Waals surface area (Å²) in [4.78, 5) is 4.48. The number of fused-ring (bicyclic) bond motifs is 1. The Morgan fingerprint density at radius 2 is 1.85 bits per heavy atom. The van der Waals surface area contributed by atoms with Gasteiger partial charge in [0.1, 0.15) is 5.65 Å². The molecule has 2 heterocycles. The Bertz CT molecular complexity index is 771. The second-order valence-electron chi connectivity index (χ2n) is 4.63. The van der Waals surface area contributed by atoms with Gasteiger partial charge in [0.25, 0.3) is 0 Å². The number of benzene rings is 1. The monoisotopic (exact) mass is 264 g/mol. The molecule has 2 aromatic heterocycles. The molecular weight excluding hydrogens is 248 g/mol. The molecule has 1 aromatic carbocycles. The predicted octanol–water partition coefficient (Wildman–Crippen LogP) is 4.62. The van der Waals surface area contributed by atoms with Crippen LogP contribution in [0.5, 0.6) is 0 Å². The van der Waals surface area contributed by atoms with E-state index in [-0.39, 0.29) is 0 Å². The highest BCUT2D eigenvalue weighted by Crippen LogP contribution is 2.25. The summed E-state index contributed by atoms with van der Waals surface area (Å²) in [6.45, 7) is 4.07. The fraction of sp³-hybridized carbons (Fsp3) is 0.188. The Morgan fingerprint density at radius 3 is 2.70 bits per heavy atom. The molecule has 0 bridgehead atoms. The van der Waals surface area contributed by atoms with E-state index < -0.39 is 0 Å². The number of aromatic nitrogens is 2.